The molecule has 0 atom stereocenters. The van der Waals surface area contributed by atoms with E-state index in [9.17, 15) is 0 Å². The lowest BCUT2D eigenvalue weighted by Gasteiger charge is -2.11. The Bertz CT molecular complexity index is 532. The second-order valence-corrected chi connectivity index (χ2v) is 3.91. The highest BCUT2D eigenvalue weighted by molar-refractivity contribution is 5.67. The van der Waals surface area contributed by atoms with Crippen LogP contribution in [0, 0.1) is 11.3 Å². The Morgan fingerprint density at radius 3 is 2.69 bits per heavy atom. The summed E-state index contributed by atoms with van der Waals surface area (Å²) in [6.07, 6.45) is 1.77. The molecule has 0 aliphatic heterocycles. The zero-order valence-corrected chi connectivity index (χ0v) is 9.38. The Kier molecular flexibility index (Phi) is 2.74. The number of rotatable bonds is 2. The van der Waals surface area contributed by atoms with Crippen molar-refractivity contribution in [3.63, 3.8) is 0 Å². The molecule has 2 rings (SSSR count). The third-order valence-electron chi connectivity index (χ3n) is 2.48. The molecule has 0 unspecified atom stereocenters. The van der Waals surface area contributed by atoms with E-state index in [1.165, 1.54) is 0 Å². The van der Waals surface area contributed by atoms with Gasteiger partial charge in [0.05, 0.1) is 17.3 Å². The summed E-state index contributed by atoms with van der Waals surface area (Å²) in [6.45, 7) is 4.15. The zero-order chi connectivity index (χ0) is 11.5. The highest BCUT2D eigenvalue weighted by Gasteiger charge is 2.11. The summed E-state index contributed by atoms with van der Waals surface area (Å²) >= 11 is 0. The van der Waals surface area contributed by atoms with Crippen LogP contribution in [0.1, 0.15) is 25.5 Å². The van der Waals surface area contributed by atoms with E-state index in [2.05, 4.69) is 25.0 Å². The molecule has 0 saturated heterocycles. The van der Waals surface area contributed by atoms with Crippen molar-refractivity contribution in [1.82, 2.24) is 9.78 Å². The maximum Gasteiger partial charge on any atom is 0.0998 e. The molecule has 0 radical (unpaired) electrons. The molecule has 0 amide bonds. The first-order valence-corrected chi connectivity index (χ1v) is 5.27. The Morgan fingerprint density at radius 2 is 2.00 bits per heavy atom. The van der Waals surface area contributed by atoms with Crippen LogP contribution in [0.15, 0.2) is 36.5 Å². The van der Waals surface area contributed by atoms with Gasteiger partial charge in [-0.25, -0.2) is 0 Å². The topological polar surface area (TPSA) is 41.6 Å². The van der Waals surface area contributed by atoms with E-state index in [1.54, 1.807) is 6.20 Å². The molecule has 0 fully saturated rings. The van der Waals surface area contributed by atoms with Gasteiger partial charge in [-0.2, -0.15) is 10.4 Å². The SMILES string of the molecule is CC(C)n1nccc1-c1ccccc1C#N. The average molecular weight is 211 g/mol. The first-order valence-electron chi connectivity index (χ1n) is 5.27. The van der Waals surface area contributed by atoms with Crippen LogP contribution in [-0.2, 0) is 0 Å². The molecule has 80 valence electrons. The van der Waals surface area contributed by atoms with Gasteiger partial charge in [0.25, 0.3) is 0 Å². The predicted octanol–water partition coefficient (Wildman–Crippen LogP) is 3.00. The summed E-state index contributed by atoms with van der Waals surface area (Å²) in [4.78, 5) is 0. The second-order valence-electron chi connectivity index (χ2n) is 3.91. The number of benzene rings is 1. The zero-order valence-electron chi connectivity index (χ0n) is 9.38. The van der Waals surface area contributed by atoms with Crippen molar-refractivity contribution in [2.24, 2.45) is 0 Å². The van der Waals surface area contributed by atoms with E-state index in [4.69, 9.17) is 5.26 Å². The lowest BCUT2D eigenvalue weighted by atomic mass is 10.1. The summed E-state index contributed by atoms with van der Waals surface area (Å²) in [5, 5.41) is 13.3. The van der Waals surface area contributed by atoms with Gasteiger partial charge in [0, 0.05) is 17.8 Å². The average Bonchev–Trinajstić information content (AvgIpc) is 2.77. The van der Waals surface area contributed by atoms with Crippen LogP contribution in [0.3, 0.4) is 0 Å². The molecule has 0 N–H and O–H groups in total. The second kappa shape index (κ2) is 4.19. The van der Waals surface area contributed by atoms with E-state index in [1.807, 2.05) is 35.0 Å². The van der Waals surface area contributed by atoms with Gasteiger partial charge in [0.15, 0.2) is 0 Å². The van der Waals surface area contributed by atoms with E-state index in [0.717, 1.165) is 11.3 Å². The molecule has 16 heavy (non-hydrogen) atoms. The normalized spacial score (nSPS) is 10.4. The summed E-state index contributed by atoms with van der Waals surface area (Å²) in [5.74, 6) is 0. The largest absolute Gasteiger partial charge is 0.262 e. The van der Waals surface area contributed by atoms with Crippen LogP contribution in [-0.4, -0.2) is 9.78 Å². The van der Waals surface area contributed by atoms with Gasteiger partial charge >= 0.3 is 0 Å². The Balaban J connectivity index is 2.60. The van der Waals surface area contributed by atoms with Gasteiger partial charge in [-0.1, -0.05) is 18.2 Å². The minimum atomic E-state index is 0.289. The number of nitrogens with zero attached hydrogens (tertiary/aromatic N) is 3. The fourth-order valence-corrected chi connectivity index (χ4v) is 1.74. The number of nitriles is 1. The minimum absolute atomic E-state index is 0.289. The van der Waals surface area contributed by atoms with Crippen LogP contribution in [0.25, 0.3) is 11.3 Å². The molecule has 3 heteroatoms. The molecular weight excluding hydrogens is 198 g/mol. The van der Waals surface area contributed by atoms with Gasteiger partial charge in [-0.3, -0.25) is 4.68 Å². The fraction of sp³-hybridized carbons (Fsp3) is 0.231. The van der Waals surface area contributed by atoms with Crippen molar-refractivity contribution >= 4 is 0 Å². The summed E-state index contributed by atoms with van der Waals surface area (Å²) < 4.78 is 1.93. The Hall–Kier alpha value is -2.08. The summed E-state index contributed by atoms with van der Waals surface area (Å²) in [6, 6.07) is 12.0. The molecule has 0 bridgehead atoms. The van der Waals surface area contributed by atoms with Crippen molar-refractivity contribution in [1.29, 1.82) is 5.26 Å². The van der Waals surface area contributed by atoms with Crippen LogP contribution < -0.4 is 0 Å². The number of hydrogen-bond donors (Lipinski definition) is 0. The molecule has 0 spiro atoms. The fourth-order valence-electron chi connectivity index (χ4n) is 1.74. The van der Waals surface area contributed by atoms with Gasteiger partial charge in [0.2, 0.25) is 0 Å². The van der Waals surface area contributed by atoms with E-state index < -0.39 is 0 Å². The lowest BCUT2D eigenvalue weighted by molar-refractivity contribution is 0.538. The summed E-state index contributed by atoms with van der Waals surface area (Å²) in [5.41, 5.74) is 2.62. The minimum Gasteiger partial charge on any atom is -0.262 e. The molecule has 2 aromatic rings. The molecule has 3 nitrogen and oxygen atoms in total. The molecule has 0 aliphatic carbocycles. The Morgan fingerprint density at radius 1 is 1.25 bits per heavy atom. The van der Waals surface area contributed by atoms with Gasteiger partial charge in [0.1, 0.15) is 0 Å². The third kappa shape index (κ3) is 1.70. The summed E-state index contributed by atoms with van der Waals surface area (Å²) in [7, 11) is 0. The van der Waals surface area contributed by atoms with Crippen LogP contribution in [0.4, 0.5) is 0 Å². The van der Waals surface area contributed by atoms with Crippen LogP contribution >= 0.6 is 0 Å². The standard InChI is InChI=1S/C13H13N3/c1-10(2)16-13(7-8-15-16)12-6-4-3-5-11(12)9-14/h3-8,10H,1-2H3. The third-order valence-corrected chi connectivity index (χ3v) is 2.48. The Labute approximate surface area is 94.9 Å². The molecule has 1 aromatic heterocycles. The number of aromatic nitrogens is 2. The van der Waals surface area contributed by atoms with Crippen LogP contribution in [0.2, 0.25) is 0 Å². The van der Waals surface area contributed by atoms with Crippen molar-refractivity contribution < 1.29 is 0 Å². The van der Waals surface area contributed by atoms with E-state index >= 15 is 0 Å². The monoisotopic (exact) mass is 211 g/mol. The maximum atomic E-state index is 9.07. The van der Waals surface area contributed by atoms with E-state index in [-0.39, 0.29) is 6.04 Å². The van der Waals surface area contributed by atoms with Crippen molar-refractivity contribution in [3.05, 3.63) is 42.1 Å². The smallest absolute Gasteiger partial charge is 0.0998 e. The molecule has 0 aliphatic rings. The first kappa shape index (κ1) is 10.4. The van der Waals surface area contributed by atoms with Crippen molar-refractivity contribution in [3.8, 4) is 17.3 Å². The number of hydrogen-bond acceptors (Lipinski definition) is 2. The van der Waals surface area contributed by atoms with Gasteiger partial charge in [-0.05, 0) is 26.0 Å². The molecule has 0 saturated carbocycles. The van der Waals surface area contributed by atoms with Crippen LogP contribution in [0.5, 0.6) is 0 Å². The quantitative estimate of drug-likeness (QED) is 0.766. The highest BCUT2D eigenvalue weighted by Crippen LogP contribution is 2.24. The van der Waals surface area contributed by atoms with Gasteiger partial charge < -0.3 is 0 Å². The van der Waals surface area contributed by atoms with Crippen molar-refractivity contribution in [2.75, 3.05) is 0 Å². The lowest BCUT2D eigenvalue weighted by Crippen LogP contribution is -2.05. The molecular formula is C13H13N3. The highest BCUT2D eigenvalue weighted by atomic mass is 15.3. The molecule has 1 heterocycles. The first-order chi connectivity index (χ1) is 7.74. The maximum absolute atomic E-state index is 9.07. The van der Waals surface area contributed by atoms with E-state index in [0.29, 0.717) is 5.56 Å². The molecule has 1 aromatic carbocycles. The predicted molar refractivity (Wildman–Crippen MR) is 62.8 cm³/mol. The van der Waals surface area contributed by atoms with Gasteiger partial charge in [-0.15, -0.1) is 0 Å². The van der Waals surface area contributed by atoms with Crippen molar-refractivity contribution in [2.45, 2.75) is 19.9 Å².